The fraction of sp³-hybridized carbons (Fsp3) is 0.125. The second-order valence-corrected chi connectivity index (χ2v) is 5.50. The number of hydrogen-bond acceptors (Lipinski definition) is 7. The second-order valence-electron chi connectivity index (χ2n) is 4.68. The van der Waals surface area contributed by atoms with Crippen LogP contribution in [0.1, 0.15) is 15.9 Å². The third-order valence-corrected chi connectivity index (χ3v) is 3.93. The molecule has 0 aliphatic heterocycles. The van der Waals surface area contributed by atoms with Gasteiger partial charge >= 0.3 is 5.97 Å². The van der Waals surface area contributed by atoms with Crippen LogP contribution in [0.3, 0.4) is 0 Å². The first-order valence-electron chi connectivity index (χ1n) is 6.90. The van der Waals surface area contributed by atoms with Crippen LogP contribution in [0, 0.1) is 0 Å². The summed E-state index contributed by atoms with van der Waals surface area (Å²) in [5.41, 5.74) is 3.24. The third kappa shape index (κ3) is 3.51. The molecule has 6 nitrogen and oxygen atoms in total. The van der Waals surface area contributed by atoms with E-state index in [1.165, 1.54) is 18.4 Å². The lowest BCUT2D eigenvalue weighted by Gasteiger charge is -2.20. The van der Waals surface area contributed by atoms with Crippen LogP contribution >= 0.6 is 11.3 Å². The number of methoxy groups -OCH3 is 1. The smallest absolute Gasteiger partial charge is 0.337 e. The molecule has 3 aromatic rings. The van der Waals surface area contributed by atoms with E-state index in [1.807, 2.05) is 35.2 Å². The summed E-state index contributed by atoms with van der Waals surface area (Å²) in [6.45, 7) is 0.577. The van der Waals surface area contributed by atoms with Crippen LogP contribution in [-0.4, -0.2) is 28.3 Å². The number of ether oxygens (including phenoxy) is 1. The van der Waals surface area contributed by atoms with E-state index in [-0.39, 0.29) is 5.97 Å². The first kappa shape index (κ1) is 15.1. The molecule has 2 heterocycles. The third-order valence-electron chi connectivity index (χ3n) is 3.22. The van der Waals surface area contributed by atoms with Crippen molar-refractivity contribution in [3.63, 3.8) is 0 Å². The number of carbonyl (C=O) groups excluding carboxylic acids is 1. The summed E-state index contributed by atoms with van der Waals surface area (Å²) >= 11 is 1.45. The van der Waals surface area contributed by atoms with Gasteiger partial charge in [0.2, 0.25) is 5.13 Å². The fourth-order valence-corrected chi connectivity index (χ4v) is 2.66. The summed E-state index contributed by atoms with van der Waals surface area (Å²) in [5.74, 6) is 0.448. The normalized spacial score (nSPS) is 10.3. The number of nitrogens with zero attached hydrogens (tertiary/aromatic N) is 4. The van der Waals surface area contributed by atoms with Gasteiger partial charge in [-0.05, 0) is 29.8 Å². The Kier molecular flexibility index (Phi) is 4.58. The maximum Gasteiger partial charge on any atom is 0.337 e. The van der Waals surface area contributed by atoms with Crippen molar-refractivity contribution in [3.8, 4) is 0 Å². The Balaban J connectivity index is 1.86. The van der Waals surface area contributed by atoms with Crippen LogP contribution in [-0.2, 0) is 11.3 Å². The lowest BCUT2D eigenvalue weighted by Crippen LogP contribution is -2.17. The molecule has 3 rings (SSSR count). The van der Waals surface area contributed by atoms with Crippen LogP contribution in [0.15, 0.2) is 54.2 Å². The molecule has 0 spiro atoms. The molecule has 0 radical (unpaired) electrons. The molecule has 0 atom stereocenters. The molecule has 1 aromatic carbocycles. The number of anilines is 2. The summed E-state index contributed by atoms with van der Waals surface area (Å²) in [6.07, 6.45) is 1.74. The van der Waals surface area contributed by atoms with Crippen LogP contribution < -0.4 is 4.90 Å². The maximum absolute atomic E-state index is 11.5. The van der Waals surface area contributed by atoms with Gasteiger partial charge in [-0.25, -0.2) is 9.78 Å². The van der Waals surface area contributed by atoms with Crippen molar-refractivity contribution in [2.75, 3.05) is 12.0 Å². The Hall–Kier alpha value is -2.80. The predicted octanol–water partition coefficient (Wildman–Crippen LogP) is 3.06. The molecule has 7 heteroatoms. The van der Waals surface area contributed by atoms with Gasteiger partial charge in [0.05, 0.1) is 19.2 Å². The Morgan fingerprint density at radius 3 is 2.65 bits per heavy atom. The zero-order chi connectivity index (χ0) is 16.1. The monoisotopic (exact) mass is 326 g/mol. The number of esters is 1. The Labute approximate surface area is 137 Å². The lowest BCUT2D eigenvalue weighted by molar-refractivity contribution is 0.0600. The van der Waals surface area contributed by atoms with Gasteiger partial charge in [-0.3, -0.25) is 4.90 Å². The van der Waals surface area contributed by atoms with Crippen molar-refractivity contribution in [1.29, 1.82) is 0 Å². The molecule has 0 saturated heterocycles. The zero-order valence-corrected chi connectivity index (χ0v) is 13.2. The topological polar surface area (TPSA) is 68.2 Å². The van der Waals surface area contributed by atoms with E-state index in [0.717, 1.165) is 16.5 Å². The highest BCUT2D eigenvalue weighted by Gasteiger charge is 2.14. The molecule has 0 saturated carbocycles. The minimum atomic E-state index is -0.345. The van der Waals surface area contributed by atoms with Crippen LogP contribution in [0.5, 0.6) is 0 Å². The van der Waals surface area contributed by atoms with Crippen LogP contribution in [0.25, 0.3) is 0 Å². The van der Waals surface area contributed by atoms with Gasteiger partial charge in [0.1, 0.15) is 11.3 Å². The summed E-state index contributed by atoms with van der Waals surface area (Å²) in [5, 5.41) is 8.79. The van der Waals surface area contributed by atoms with Crippen molar-refractivity contribution in [3.05, 3.63) is 65.3 Å². The lowest BCUT2D eigenvalue weighted by atomic mass is 10.1. The van der Waals surface area contributed by atoms with Gasteiger partial charge in [-0.1, -0.05) is 29.5 Å². The first-order valence-corrected chi connectivity index (χ1v) is 7.78. The molecule has 2 aromatic heterocycles. The van der Waals surface area contributed by atoms with Gasteiger partial charge < -0.3 is 4.74 Å². The van der Waals surface area contributed by atoms with Crippen LogP contribution in [0.4, 0.5) is 10.9 Å². The van der Waals surface area contributed by atoms with E-state index in [4.69, 9.17) is 4.74 Å². The molecular weight excluding hydrogens is 312 g/mol. The summed E-state index contributed by atoms with van der Waals surface area (Å²) in [7, 11) is 1.37. The van der Waals surface area contributed by atoms with Gasteiger partial charge in [0.15, 0.2) is 0 Å². The van der Waals surface area contributed by atoms with Crippen molar-refractivity contribution < 1.29 is 9.53 Å². The number of carbonyl (C=O) groups is 1. The van der Waals surface area contributed by atoms with Gasteiger partial charge in [-0.2, -0.15) is 0 Å². The summed E-state index contributed by atoms with van der Waals surface area (Å²) in [4.78, 5) is 17.9. The number of benzene rings is 1. The van der Waals surface area contributed by atoms with Gasteiger partial charge in [0, 0.05) is 6.20 Å². The van der Waals surface area contributed by atoms with Crippen molar-refractivity contribution in [2.45, 2.75) is 6.54 Å². The molecule has 0 bridgehead atoms. The Bertz CT molecular complexity index is 761. The zero-order valence-electron chi connectivity index (χ0n) is 12.4. The van der Waals surface area contributed by atoms with Gasteiger partial charge in [0.25, 0.3) is 0 Å². The molecule has 0 fully saturated rings. The highest BCUT2D eigenvalue weighted by molar-refractivity contribution is 7.13. The molecular formula is C16H14N4O2S. The molecule has 0 unspecified atom stereocenters. The molecule has 23 heavy (non-hydrogen) atoms. The summed E-state index contributed by atoms with van der Waals surface area (Å²) < 4.78 is 4.71. The molecule has 0 aliphatic rings. The number of aromatic nitrogens is 3. The Morgan fingerprint density at radius 2 is 2.04 bits per heavy atom. The minimum absolute atomic E-state index is 0.345. The average molecular weight is 326 g/mol. The van der Waals surface area contributed by atoms with E-state index in [1.54, 1.807) is 23.8 Å². The largest absolute Gasteiger partial charge is 0.465 e. The quantitative estimate of drug-likeness (QED) is 0.671. The summed E-state index contributed by atoms with van der Waals surface area (Å²) in [6, 6.07) is 13.0. The second kappa shape index (κ2) is 6.97. The van der Waals surface area contributed by atoms with E-state index < -0.39 is 0 Å². The standard InChI is InChI=1S/C16H14N4O2S/c1-22-15(21)13-7-5-12(6-8-13)10-20(16-19-18-11-23-16)14-4-2-3-9-17-14/h2-9,11H,10H2,1H3. The van der Waals surface area contributed by atoms with E-state index in [2.05, 4.69) is 15.2 Å². The maximum atomic E-state index is 11.5. The molecule has 0 aliphatic carbocycles. The number of pyridine rings is 1. The van der Waals surface area contributed by atoms with E-state index >= 15 is 0 Å². The van der Waals surface area contributed by atoms with E-state index in [0.29, 0.717) is 12.1 Å². The fourth-order valence-electron chi connectivity index (χ4n) is 2.09. The van der Waals surface area contributed by atoms with Crippen molar-refractivity contribution in [2.24, 2.45) is 0 Å². The van der Waals surface area contributed by atoms with Gasteiger partial charge in [-0.15, -0.1) is 10.2 Å². The molecule has 116 valence electrons. The Morgan fingerprint density at radius 1 is 1.22 bits per heavy atom. The first-order chi connectivity index (χ1) is 11.3. The minimum Gasteiger partial charge on any atom is -0.465 e. The van der Waals surface area contributed by atoms with Crippen LogP contribution in [0.2, 0.25) is 0 Å². The van der Waals surface area contributed by atoms with Crippen molar-refractivity contribution >= 4 is 28.3 Å². The van der Waals surface area contributed by atoms with E-state index in [9.17, 15) is 4.79 Å². The number of rotatable bonds is 5. The van der Waals surface area contributed by atoms with Crippen molar-refractivity contribution in [1.82, 2.24) is 15.2 Å². The average Bonchev–Trinajstić information content (AvgIpc) is 3.14. The molecule has 0 N–H and O–H groups in total. The highest BCUT2D eigenvalue weighted by atomic mass is 32.1. The SMILES string of the molecule is COC(=O)c1ccc(CN(c2ccccn2)c2nncs2)cc1. The predicted molar refractivity (Wildman–Crippen MR) is 87.8 cm³/mol. The molecule has 0 amide bonds. The highest BCUT2D eigenvalue weighted by Crippen LogP contribution is 2.26. The number of hydrogen-bond donors (Lipinski definition) is 0.